The number of nitrogens with two attached hydrogens (primary N) is 1. The molecule has 2 fully saturated rings. The third-order valence-electron chi connectivity index (χ3n) is 3.46. The van der Waals surface area contributed by atoms with Crippen molar-refractivity contribution in [1.82, 2.24) is 10.3 Å². The molecule has 86 valence electrons. The van der Waals surface area contributed by atoms with E-state index in [1.165, 1.54) is 0 Å². The largest absolute Gasteiger partial charge is 0.380 e. The Bertz CT molecular complexity index is 221. The quantitative estimate of drug-likeness (QED) is 0.368. The Balaban J connectivity index is 1.78. The molecule has 0 aliphatic carbocycles. The normalized spacial score (nSPS) is 29.3. The molecule has 0 bridgehead atoms. The third-order valence-corrected chi connectivity index (χ3v) is 3.46. The summed E-state index contributed by atoms with van der Waals surface area (Å²) in [5.41, 5.74) is 2.24. The van der Waals surface area contributed by atoms with Crippen molar-refractivity contribution in [3.05, 3.63) is 0 Å². The molecule has 2 heterocycles. The molecule has 5 heteroatoms. The van der Waals surface area contributed by atoms with Gasteiger partial charge in [-0.1, -0.05) is 0 Å². The van der Waals surface area contributed by atoms with E-state index in [4.69, 9.17) is 10.6 Å². The molecular weight excluding hydrogens is 194 g/mol. The van der Waals surface area contributed by atoms with Crippen LogP contribution in [0.1, 0.15) is 19.3 Å². The Kier molecular flexibility index (Phi) is 3.56. The number of hydrazine groups is 1. The van der Waals surface area contributed by atoms with Gasteiger partial charge in [-0.25, -0.2) is 5.84 Å². The van der Waals surface area contributed by atoms with Crippen molar-refractivity contribution in [2.75, 3.05) is 26.3 Å². The number of hydrogen-bond donors (Lipinski definition) is 2. The maximum atomic E-state index is 11.3. The zero-order valence-corrected chi connectivity index (χ0v) is 8.95. The van der Waals surface area contributed by atoms with Crippen LogP contribution < -0.4 is 11.3 Å². The smallest absolute Gasteiger partial charge is 0.237 e. The molecule has 2 saturated heterocycles. The standard InChI is InChI=1S/C10H19N3O2/c11-12-10(14)8-1-4-13(5-2-8)9-3-6-15-7-9/h8-9H,1-7,11H2,(H,12,14)/t9-/m0/s1. The summed E-state index contributed by atoms with van der Waals surface area (Å²) in [4.78, 5) is 13.8. The van der Waals surface area contributed by atoms with Gasteiger partial charge in [-0.15, -0.1) is 0 Å². The van der Waals surface area contributed by atoms with Gasteiger partial charge in [-0.2, -0.15) is 0 Å². The van der Waals surface area contributed by atoms with Crippen LogP contribution in [-0.2, 0) is 9.53 Å². The number of rotatable bonds is 2. The number of hydrogen-bond acceptors (Lipinski definition) is 4. The predicted octanol–water partition coefficient (Wildman–Crippen LogP) is -0.523. The van der Waals surface area contributed by atoms with Crippen LogP contribution in [0, 0.1) is 5.92 Å². The lowest BCUT2D eigenvalue weighted by Gasteiger charge is -2.34. The van der Waals surface area contributed by atoms with E-state index < -0.39 is 0 Å². The third kappa shape index (κ3) is 2.48. The first kappa shape index (κ1) is 10.9. The average molecular weight is 213 g/mol. The molecule has 5 nitrogen and oxygen atoms in total. The second-order valence-electron chi connectivity index (χ2n) is 4.34. The van der Waals surface area contributed by atoms with E-state index in [9.17, 15) is 4.79 Å². The number of carbonyl (C=O) groups excluding carboxylic acids is 1. The Hall–Kier alpha value is -0.650. The molecule has 0 aromatic heterocycles. The Labute approximate surface area is 89.9 Å². The van der Waals surface area contributed by atoms with E-state index in [0.717, 1.165) is 45.6 Å². The molecule has 2 rings (SSSR count). The SMILES string of the molecule is NNC(=O)C1CCN([C@H]2CCOC2)CC1. The first-order chi connectivity index (χ1) is 7.31. The minimum atomic E-state index is -0.0164. The molecule has 1 amide bonds. The van der Waals surface area contributed by atoms with Gasteiger partial charge in [0.2, 0.25) is 5.91 Å². The predicted molar refractivity (Wildman–Crippen MR) is 55.9 cm³/mol. The number of piperidine rings is 1. The van der Waals surface area contributed by atoms with Crippen molar-refractivity contribution in [3.63, 3.8) is 0 Å². The molecule has 0 aromatic carbocycles. The van der Waals surface area contributed by atoms with E-state index >= 15 is 0 Å². The highest BCUT2D eigenvalue weighted by molar-refractivity contribution is 5.78. The first-order valence-corrected chi connectivity index (χ1v) is 5.63. The summed E-state index contributed by atoms with van der Waals surface area (Å²) < 4.78 is 5.36. The van der Waals surface area contributed by atoms with Crippen LogP contribution in [0.15, 0.2) is 0 Å². The Morgan fingerprint density at radius 2 is 2.07 bits per heavy atom. The van der Waals surface area contributed by atoms with Crippen LogP contribution in [0.4, 0.5) is 0 Å². The Morgan fingerprint density at radius 3 is 2.60 bits per heavy atom. The molecule has 2 aliphatic heterocycles. The highest BCUT2D eigenvalue weighted by Crippen LogP contribution is 2.22. The van der Waals surface area contributed by atoms with Crippen LogP contribution >= 0.6 is 0 Å². The molecular formula is C10H19N3O2. The topological polar surface area (TPSA) is 67.6 Å². The number of carbonyl (C=O) groups is 1. The van der Waals surface area contributed by atoms with Crippen LogP contribution in [-0.4, -0.2) is 43.2 Å². The Morgan fingerprint density at radius 1 is 1.33 bits per heavy atom. The average Bonchev–Trinajstić information content (AvgIpc) is 2.82. The van der Waals surface area contributed by atoms with Gasteiger partial charge in [-0.05, 0) is 32.4 Å². The lowest BCUT2D eigenvalue weighted by Crippen LogP contribution is -2.46. The van der Waals surface area contributed by atoms with Crippen molar-refractivity contribution in [3.8, 4) is 0 Å². The number of amides is 1. The summed E-state index contributed by atoms with van der Waals surface area (Å²) in [5.74, 6) is 5.22. The fourth-order valence-corrected chi connectivity index (χ4v) is 2.45. The van der Waals surface area contributed by atoms with Gasteiger partial charge in [0.25, 0.3) is 0 Å². The van der Waals surface area contributed by atoms with Crippen molar-refractivity contribution < 1.29 is 9.53 Å². The fraction of sp³-hybridized carbons (Fsp3) is 0.900. The van der Waals surface area contributed by atoms with Crippen LogP contribution in [0.3, 0.4) is 0 Å². The minimum absolute atomic E-state index is 0.0164. The first-order valence-electron chi connectivity index (χ1n) is 5.63. The molecule has 0 aromatic rings. The molecule has 3 N–H and O–H groups in total. The summed E-state index contributed by atoms with van der Waals surface area (Å²) >= 11 is 0. The van der Waals surface area contributed by atoms with Gasteiger partial charge in [-0.3, -0.25) is 15.1 Å². The maximum absolute atomic E-state index is 11.3. The molecule has 2 aliphatic rings. The van der Waals surface area contributed by atoms with Crippen molar-refractivity contribution in [1.29, 1.82) is 0 Å². The fourth-order valence-electron chi connectivity index (χ4n) is 2.45. The van der Waals surface area contributed by atoms with Crippen LogP contribution in [0.5, 0.6) is 0 Å². The van der Waals surface area contributed by atoms with E-state index in [1.54, 1.807) is 0 Å². The minimum Gasteiger partial charge on any atom is -0.380 e. The van der Waals surface area contributed by atoms with Gasteiger partial charge in [0.15, 0.2) is 0 Å². The maximum Gasteiger partial charge on any atom is 0.237 e. The summed E-state index contributed by atoms with van der Waals surface area (Å²) in [6.45, 7) is 3.72. The summed E-state index contributed by atoms with van der Waals surface area (Å²) in [5, 5.41) is 0. The summed E-state index contributed by atoms with van der Waals surface area (Å²) in [7, 11) is 0. The molecule has 15 heavy (non-hydrogen) atoms. The zero-order chi connectivity index (χ0) is 10.7. The highest BCUT2D eigenvalue weighted by atomic mass is 16.5. The summed E-state index contributed by atoms with van der Waals surface area (Å²) in [6.07, 6.45) is 2.97. The molecule has 1 atom stereocenters. The number of nitrogens with zero attached hydrogens (tertiary/aromatic N) is 1. The molecule has 0 saturated carbocycles. The van der Waals surface area contributed by atoms with Crippen LogP contribution in [0.25, 0.3) is 0 Å². The number of ether oxygens (including phenoxy) is 1. The van der Waals surface area contributed by atoms with Gasteiger partial charge in [0.05, 0.1) is 6.61 Å². The van der Waals surface area contributed by atoms with Crippen LogP contribution in [0.2, 0.25) is 0 Å². The summed E-state index contributed by atoms with van der Waals surface area (Å²) in [6, 6.07) is 0.576. The van der Waals surface area contributed by atoms with Gasteiger partial charge >= 0.3 is 0 Å². The van der Waals surface area contributed by atoms with Crippen molar-refractivity contribution in [2.24, 2.45) is 11.8 Å². The van der Waals surface area contributed by atoms with E-state index in [1.807, 2.05) is 0 Å². The number of likely N-dealkylation sites (tertiary alicyclic amines) is 1. The second-order valence-corrected chi connectivity index (χ2v) is 4.34. The lowest BCUT2D eigenvalue weighted by molar-refractivity contribution is -0.126. The van der Waals surface area contributed by atoms with Gasteiger partial charge in [0, 0.05) is 18.6 Å². The van der Waals surface area contributed by atoms with Crippen molar-refractivity contribution >= 4 is 5.91 Å². The molecule has 0 unspecified atom stereocenters. The van der Waals surface area contributed by atoms with E-state index in [0.29, 0.717) is 6.04 Å². The lowest BCUT2D eigenvalue weighted by atomic mass is 9.95. The second kappa shape index (κ2) is 4.92. The molecule has 0 spiro atoms. The van der Waals surface area contributed by atoms with Gasteiger partial charge in [0.1, 0.15) is 0 Å². The zero-order valence-electron chi connectivity index (χ0n) is 8.95. The van der Waals surface area contributed by atoms with Gasteiger partial charge < -0.3 is 4.74 Å². The van der Waals surface area contributed by atoms with E-state index in [2.05, 4.69) is 10.3 Å². The highest BCUT2D eigenvalue weighted by Gasteiger charge is 2.29. The monoisotopic (exact) mass is 213 g/mol. The van der Waals surface area contributed by atoms with E-state index in [-0.39, 0.29) is 11.8 Å². The van der Waals surface area contributed by atoms with Crippen molar-refractivity contribution in [2.45, 2.75) is 25.3 Å². The molecule has 0 radical (unpaired) electrons. The number of nitrogens with one attached hydrogen (secondary N) is 1.